The fourth-order valence-corrected chi connectivity index (χ4v) is 4.86. The standard InChI is InChI=1S/C15H20BrN3O4S/c1-12(20)17-7-6-15(21)18-8-10-19(11-9-18)24(22,23)14-5-3-2-4-13(14)16/h2-5H,6-11H2,1H3,(H,17,20). The number of nitrogens with one attached hydrogen (secondary N) is 1. The predicted molar refractivity (Wildman–Crippen MR) is 92.8 cm³/mol. The molecule has 1 saturated heterocycles. The van der Waals surface area contributed by atoms with E-state index >= 15 is 0 Å². The maximum absolute atomic E-state index is 12.7. The van der Waals surface area contributed by atoms with Crippen LogP contribution in [0.4, 0.5) is 0 Å². The van der Waals surface area contributed by atoms with Crippen molar-refractivity contribution in [3.63, 3.8) is 0 Å². The summed E-state index contributed by atoms with van der Waals surface area (Å²) in [5.74, 6) is -0.256. The first-order chi connectivity index (χ1) is 11.3. The Kier molecular flexibility index (Phi) is 6.36. The Morgan fingerprint density at radius 1 is 1.17 bits per heavy atom. The summed E-state index contributed by atoms with van der Waals surface area (Å²) in [5, 5.41) is 2.58. The first kappa shape index (κ1) is 18.9. The third kappa shape index (κ3) is 4.55. The molecule has 0 aromatic heterocycles. The van der Waals surface area contributed by atoms with E-state index in [0.717, 1.165) is 0 Å². The first-order valence-electron chi connectivity index (χ1n) is 7.59. The molecule has 0 unspecified atom stereocenters. The summed E-state index contributed by atoms with van der Waals surface area (Å²) in [7, 11) is -3.58. The van der Waals surface area contributed by atoms with Gasteiger partial charge in [-0.3, -0.25) is 9.59 Å². The fourth-order valence-electron chi connectivity index (χ4n) is 2.47. The quantitative estimate of drug-likeness (QED) is 0.767. The molecule has 2 amide bonds. The highest BCUT2D eigenvalue weighted by Crippen LogP contribution is 2.25. The normalized spacial score (nSPS) is 16.0. The molecule has 24 heavy (non-hydrogen) atoms. The Balaban J connectivity index is 1.94. The summed E-state index contributed by atoms with van der Waals surface area (Å²) in [6.45, 7) is 2.91. The minimum atomic E-state index is -3.58. The summed E-state index contributed by atoms with van der Waals surface area (Å²) < 4.78 is 27.3. The number of carbonyl (C=O) groups excluding carboxylic acids is 2. The lowest BCUT2D eigenvalue weighted by Gasteiger charge is -2.34. The van der Waals surface area contributed by atoms with Crippen LogP contribution < -0.4 is 5.32 Å². The maximum atomic E-state index is 12.7. The van der Waals surface area contributed by atoms with Crippen molar-refractivity contribution in [3.8, 4) is 0 Å². The molecule has 132 valence electrons. The molecule has 1 heterocycles. The number of sulfonamides is 1. The molecule has 1 aliphatic heterocycles. The van der Waals surface area contributed by atoms with E-state index in [2.05, 4.69) is 21.2 Å². The monoisotopic (exact) mass is 417 g/mol. The molecular formula is C15H20BrN3O4S. The molecule has 1 N–H and O–H groups in total. The molecule has 9 heteroatoms. The molecule has 2 rings (SSSR count). The van der Waals surface area contributed by atoms with E-state index in [0.29, 0.717) is 24.1 Å². The van der Waals surface area contributed by atoms with Gasteiger partial charge in [-0.15, -0.1) is 0 Å². The van der Waals surface area contributed by atoms with Crippen LogP contribution in [-0.2, 0) is 19.6 Å². The Morgan fingerprint density at radius 2 is 1.79 bits per heavy atom. The molecule has 1 aliphatic rings. The van der Waals surface area contributed by atoms with Gasteiger partial charge in [-0.05, 0) is 28.1 Å². The predicted octanol–water partition coefficient (Wildman–Crippen LogP) is 0.808. The lowest BCUT2D eigenvalue weighted by atomic mass is 10.3. The van der Waals surface area contributed by atoms with Crippen LogP contribution in [0.15, 0.2) is 33.6 Å². The van der Waals surface area contributed by atoms with E-state index in [1.807, 2.05) is 0 Å². The summed E-state index contributed by atoms with van der Waals surface area (Å²) in [6.07, 6.45) is 0.219. The molecule has 0 radical (unpaired) electrons. The molecule has 1 fully saturated rings. The Labute approximate surface area is 150 Å². The van der Waals surface area contributed by atoms with Crippen LogP contribution in [0.3, 0.4) is 0 Å². The zero-order valence-corrected chi connectivity index (χ0v) is 15.8. The molecular weight excluding hydrogens is 398 g/mol. The molecule has 0 atom stereocenters. The van der Waals surface area contributed by atoms with E-state index in [4.69, 9.17) is 0 Å². The highest BCUT2D eigenvalue weighted by Gasteiger charge is 2.30. The van der Waals surface area contributed by atoms with Crippen molar-refractivity contribution in [1.82, 2.24) is 14.5 Å². The van der Waals surface area contributed by atoms with Gasteiger partial charge in [0.1, 0.15) is 0 Å². The lowest BCUT2D eigenvalue weighted by molar-refractivity contribution is -0.132. The van der Waals surface area contributed by atoms with Gasteiger partial charge in [0.25, 0.3) is 0 Å². The zero-order chi connectivity index (χ0) is 17.7. The van der Waals surface area contributed by atoms with Crippen LogP contribution in [-0.4, -0.2) is 62.2 Å². The third-order valence-electron chi connectivity index (χ3n) is 3.76. The maximum Gasteiger partial charge on any atom is 0.244 e. The molecule has 1 aromatic rings. The van der Waals surface area contributed by atoms with Gasteiger partial charge >= 0.3 is 0 Å². The van der Waals surface area contributed by atoms with Gasteiger partial charge in [0.2, 0.25) is 21.8 Å². The van der Waals surface area contributed by atoms with Gasteiger partial charge in [0.15, 0.2) is 0 Å². The van der Waals surface area contributed by atoms with E-state index in [9.17, 15) is 18.0 Å². The summed E-state index contributed by atoms with van der Waals surface area (Å²) in [6, 6.07) is 6.69. The molecule has 1 aromatic carbocycles. The Bertz CT molecular complexity index is 715. The largest absolute Gasteiger partial charge is 0.356 e. The number of hydrogen-bond donors (Lipinski definition) is 1. The number of rotatable bonds is 5. The van der Waals surface area contributed by atoms with Crippen molar-refractivity contribution in [2.24, 2.45) is 0 Å². The number of nitrogens with zero attached hydrogens (tertiary/aromatic N) is 2. The second-order valence-corrected chi connectivity index (χ2v) is 8.21. The molecule has 0 spiro atoms. The van der Waals surface area contributed by atoms with Crippen LogP contribution in [0.2, 0.25) is 0 Å². The second-order valence-electron chi connectivity index (χ2n) is 5.45. The van der Waals surface area contributed by atoms with Crippen LogP contribution in [0.1, 0.15) is 13.3 Å². The summed E-state index contributed by atoms with van der Waals surface area (Å²) >= 11 is 3.27. The van der Waals surface area contributed by atoms with E-state index < -0.39 is 10.0 Å². The smallest absolute Gasteiger partial charge is 0.244 e. The number of benzene rings is 1. The SMILES string of the molecule is CC(=O)NCCC(=O)N1CCN(S(=O)(=O)c2ccccc2Br)CC1. The van der Waals surface area contributed by atoms with Gasteiger partial charge in [-0.25, -0.2) is 8.42 Å². The Morgan fingerprint density at radius 3 is 2.38 bits per heavy atom. The summed E-state index contributed by atoms with van der Waals surface area (Å²) in [4.78, 5) is 24.7. The van der Waals surface area contributed by atoms with Gasteiger partial charge in [0.05, 0.1) is 4.90 Å². The average Bonchev–Trinajstić information content (AvgIpc) is 2.54. The van der Waals surface area contributed by atoms with Gasteiger partial charge in [0, 0.05) is 50.5 Å². The van der Waals surface area contributed by atoms with E-state index in [1.54, 1.807) is 29.2 Å². The van der Waals surface area contributed by atoms with Gasteiger partial charge in [-0.1, -0.05) is 12.1 Å². The average molecular weight is 418 g/mol. The highest BCUT2D eigenvalue weighted by atomic mass is 79.9. The van der Waals surface area contributed by atoms with Crippen molar-refractivity contribution < 1.29 is 18.0 Å². The number of amides is 2. The Hall–Kier alpha value is -1.45. The topological polar surface area (TPSA) is 86.8 Å². The second kappa shape index (κ2) is 8.09. The van der Waals surface area contributed by atoms with Crippen molar-refractivity contribution in [2.75, 3.05) is 32.7 Å². The van der Waals surface area contributed by atoms with Gasteiger partial charge < -0.3 is 10.2 Å². The van der Waals surface area contributed by atoms with Crippen LogP contribution in [0, 0.1) is 0 Å². The first-order valence-corrected chi connectivity index (χ1v) is 9.82. The molecule has 0 bridgehead atoms. The van der Waals surface area contributed by atoms with Crippen molar-refractivity contribution in [1.29, 1.82) is 0 Å². The third-order valence-corrected chi connectivity index (χ3v) is 6.67. The molecule has 0 aliphatic carbocycles. The molecule has 7 nitrogen and oxygen atoms in total. The van der Waals surface area contributed by atoms with E-state index in [-0.39, 0.29) is 36.2 Å². The lowest BCUT2D eigenvalue weighted by Crippen LogP contribution is -2.50. The minimum Gasteiger partial charge on any atom is -0.356 e. The van der Waals surface area contributed by atoms with Crippen LogP contribution in [0.5, 0.6) is 0 Å². The van der Waals surface area contributed by atoms with Crippen LogP contribution in [0.25, 0.3) is 0 Å². The van der Waals surface area contributed by atoms with Crippen molar-refractivity contribution in [3.05, 3.63) is 28.7 Å². The molecule has 0 saturated carbocycles. The number of carbonyl (C=O) groups is 2. The van der Waals surface area contributed by atoms with Gasteiger partial charge in [-0.2, -0.15) is 4.31 Å². The zero-order valence-electron chi connectivity index (χ0n) is 13.4. The summed E-state index contributed by atoms with van der Waals surface area (Å²) in [5.41, 5.74) is 0. The van der Waals surface area contributed by atoms with E-state index in [1.165, 1.54) is 11.2 Å². The number of halogens is 1. The van der Waals surface area contributed by atoms with Crippen molar-refractivity contribution >= 4 is 37.8 Å². The fraction of sp³-hybridized carbons (Fsp3) is 0.467. The minimum absolute atomic E-state index is 0.0818. The number of hydrogen-bond acceptors (Lipinski definition) is 4. The number of piperazine rings is 1. The highest BCUT2D eigenvalue weighted by molar-refractivity contribution is 9.10. The van der Waals surface area contributed by atoms with Crippen molar-refractivity contribution in [2.45, 2.75) is 18.2 Å². The van der Waals surface area contributed by atoms with Crippen LogP contribution >= 0.6 is 15.9 Å².